The Morgan fingerprint density at radius 3 is 1.78 bits per heavy atom. The van der Waals surface area contributed by atoms with Gasteiger partial charge in [-0.25, -0.2) is 0 Å². The molecule has 1 aliphatic carbocycles. The van der Waals surface area contributed by atoms with E-state index in [-0.39, 0.29) is 5.91 Å². The molecular weight excluding hydrogens is 548 g/mol. The predicted molar refractivity (Wildman–Crippen MR) is 153 cm³/mol. The molecule has 0 atom stereocenters. The third-order valence-corrected chi connectivity index (χ3v) is 8.35. The highest BCUT2D eigenvalue weighted by Crippen LogP contribution is 2.37. The van der Waals surface area contributed by atoms with Gasteiger partial charge in [-0.1, -0.05) is 70.7 Å². The number of piperazine rings is 1. The van der Waals surface area contributed by atoms with Gasteiger partial charge in [-0.05, 0) is 58.7 Å². The zero-order chi connectivity index (χ0) is 26.2. The number of fused-ring (bicyclic) bond motifs is 1. The summed E-state index contributed by atoms with van der Waals surface area (Å²) in [4.78, 5) is 20.9. The van der Waals surface area contributed by atoms with Crippen molar-refractivity contribution in [2.75, 3.05) is 33.2 Å². The normalized spacial score (nSPS) is 17.5. The summed E-state index contributed by atoms with van der Waals surface area (Å²) in [6.07, 6.45) is 1.43. The lowest BCUT2D eigenvalue weighted by molar-refractivity contribution is -0.145. The van der Waals surface area contributed by atoms with Crippen LogP contribution in [0.15, 0.2) is 60.7 Å². The summed E-state index contributed by atoms with van der Waals surface area (Å²) in [5.41, 5.74) is 3.93. The van der Waals surface area contributed by atoms with Gasteiger partial charge >= 0.3 is 0 Å². The molecule has 1 amide bonds. The molecule has 0 saturated carbocycles. The summed E-state index contributed by atoms with van der Waals surface area (Å²) in [6, 6.07) is 19.6. The van der Waals surface area contributed by atoms with Crippen molar-refractivity contribution in [2.24, 2.45) is 0 Å². The van der Waals surface area contributed by atoms with E-state index in [1.807, 2.05) is 36.2 Å². The van der Waals surface area contributed by atoms with Crippen molar-refractivity contribution in [3.63, 3.8) is 0 Å². The third kappa shape index (κ3) is 5.95. The Hall–Kier alpha value is -1.79. The van der Waals surface area contributed by atoms with E-state index in [4.69, 9.17) is 46.4 Å². The molecule has 1 saturated heterocycles. The molecule has 2 aliphatic rings. The first-order valence-electron chi connectivity index (χ1n) is 12.4. The quantitative estimate of drug-likeness (QED) is 0.330. The number of hydrogen-bond donors (Lipinski definition) is 0. The summed E-state index contributed by atoms with van der Waals surface area (Å²) in [7, 11) is 1.88. The average molecular weight is 577 g/mol. The minimum atomic E-state index is -0.605. The lowest BCUT2D eigenvalue weighted by Crippen LogP contribution is -2.64. The van der Waals surface area contributed by atoms with Gasteiger partial charge in [-0.3, -0.25) is 14.6 Å². The lowest BCUT2D eigenvalue weighted by Gasteiger charge is -2.46. The van der Waals surface area contributed by atoms with Crippen LogP contribution in [0.4, 0.5) is 0 Å². The summed E-state index contributed by atoms with van der Waals surface area (Å²) in [6.45, 7) is 4.58. The lowest BCUT2D eigenvalue weighted by atomic mass is 9.90. The van der Waals surface area contributed by atoms with Crippen LogP contribution < -0.4 is 0 Å². The number of nitrogens with zero attached hydrogens (tertiary/aromatic N) is 3. The van der Waals surface area contributed by atoms with Crippen molar-refractivity contribution in [3.05, 3.63) is 103 Å². The molecule has 1 heterocycles. The van der Waals surface area contributed by atoms with Crippen LogP contribution in [0.3, 0.4) is 0 Å². The highest BCUT2D eigenvalue weighted by atomic mass is 35.5. The summed E-state index contributed by atoms with van der Waals surface area (Å²) >= 11 is 24.9. The molecule has 3 aromatic rings. The maximum Gasteiger partial charge on any atom is 0.243 e. The zero-order valence-corrected chi connectivity index (χ0v) is 23.7. The van der Waals surface area contributed by atoms with Crippen molar-refractivity contribution in [3.8, 4) is 0 Å². The molecule has 8 heteroatoms. The second kappa shape index (κ2) is 11.1. The molecule has 0 spiro atoms. The second-order valence-electron chi connectivity index (χ2n) is 10.1. The number of benzene rings is 3. The molecule has 1 aliphatic heterocycles. The van der Waals surface area contributed by atoms with E-state index in [9.17, 15) is 4.79 Å². The highest BCUT2D eigenvalue weighted by Gasteiger charge is 2.50. The van der Waals surface area contributed by atoms with Crippen LogP contribution in [0.2, 0.25) is 20.1 Å². The van der Waals surface area contributed by atoms with E-state index in [1.165, 1.54) is 11.1 Å². The first-order valence-corrected chi connectivity index (χ1v) is 13.9. The monoisotopic (exact) mass is 575 g/mol. The van der Waals surface area contributed by atoms with Gasteiger partial charge in [0.05, 0.1) is 0 Å². The van der Waals surface area contributed by atoms with E-state index in [2.05, 4.69) is 34.1 Å². The Morgan fingerprint density at radius 1 is 0.784 bits per heavy atom. The van der Waals surface area contributed by atoms with Gasteiger partial charge in [0.1, 0.15) is 5.54 Å². The molecule has 5 rings (SSSR count). The maximum absolute atomic E-state index is 14.2. The SMILES string of the molecule is CN(Cc1cc(Cl)cc(Cl)c1)C(=O)C1(N2CCN(Cc3cc(Cl)cc(Cl)c3)CC2)Cc2ccccc2C1. The maximum atomic E-state index is 14.2. The number of rotatable bonds is 6. The van der Waals surface area contributed by atoms with Gasteiger partial charge in [-0.15, -0.1) is 0 Å². The zero-order valence-electron chi connectivity index (χ0n) is 20.7. The predicted octanol–water partition coefficient (Wildman–Crippen LogP) is 6.61. The summed E-state index contributed by atoms with van der Waals surface area (Å²) in [5.74, 6) is 0.134. The number of halogens is 4. The largest absolute Gasteiger partial charge is 0.340 e. The van der Waals surface area contributed by atoms with Crippen LogP contribution >= 0.6 is 46.4 Å². The Kier molecular flexibility index (Phi) is 8.07. The van der Waals surface area contributed by atoms with Gasteiger partial charge in [0.15, 0.2) is 0 Å². The third-order valence-electron chi connectivity index (χ3n) is 7.48. The van der Waals surface area contributed by atoms with E-state index in [0.717, 1.165) is 43.9 Å². The van der Waals surface area contributed by atoms with E-state index < -0.39 is 5.54 Å². The Morgan fingerprint density at radius 2 is 1.27 bits per heavy atom. The number of likely N-dealkylation sites (N-methyl/N-ethyl adjacent to an activating group) is 1. The molecular formula is C29H29Cl4N3O. The molecule has 0 bridgehead atoms. The Bertz CT molecular complexity index is 1240. The van der Waals surface area contributed by atoms with Gasteiger partial charge in [0.25, 0.3) is 0 Å². The first-order chi connectivity index (χ1) is 17.7. The van der Waals surface area contributed by atoms with Crippen LogP contribution in [0.1, 0.15) is 22.3 Å². The van der Waals surface area contributed by atoms with Gasteiger partial charge in [-0.2, -0.15) is 0 Å². The van der Waals surface area contributed by atoms with Crippen LogP contribution in [0, 0.1) is 0 Å². The highest BCUT2D eigenvalue weighted by molar-refractivity contribution is 6.35. The number of amides is 1. The van der Waals surface area contributed by atoms with Crippen molar-refractivity contribution in [1.29, 1.82) is 0 Å². The number of carbonyl (C=O) groups excluding carboxylic acids is 1. The van der Waals surface area contributed by atoms with Gasteiger partial charge in [0, 0.05) is 79.2 Å². The number of carbonyl (C=O) groups is 1. The fourth-order valence-corrected chi connectivity index (χ4v) is 6.95. The van der Waals surface area contributed by atoms with Crippen LogP contribution in [-0.4, -0.2) is 59.4 Å². The van der Waals surface area contributed by atoms with Crippen LogP contribution in [0.5, 0.6) is 0 Å². The molecule has 194 valence electrons. The molecule has 3 aromatic carbocycles. The fraction of sp³-hybridized carbons (Fsp3) is 0.345. The number of hydrogen-bond acceptors (Lipinski definition) is 3. The molecule has 0 N–H and O–H groups in total. The van der Waals surface area contributed by atoms with Crippen molar-refractivity contribution in [2.45, 2.75) is 31.5 Å². The molecule has 4 nitrogen and oxygen atoms in total. The smallest absolute Gasteiger partial charge is 0.243 e. The standard InChI is InChI=1S/C29H29Cl4N3O/c1-34(18-20-10-24(30)14-25(31)11-20)28(37)29(16-22-4-2-3-5-23(22)17-29)36-8-6-35(7-9-36)19-21-12-26(32)15-27(33)13-21/h2-5,10-15H,6-9,16-19H2,1H3. The summed E-state index contributed by atoms with van der Waals surface area (Å²) < 4.78 is 0. The molecule has 1 fully saturated rings. The second-order valence-corrected chi connectivity index (χ2v) is 11.9. The minimum absolute atomic E-state index is 0.134. The molecule has 0 unspecified atom stereocenters. The van der Waals surface area contributed by atoms with E-state index >= 15 is 0 Å². The van der Waals surface area contributed by atoms with Crippen molar-refractivity contribution in [1.82, 2.24) is 14.7 Å². The molecule has 0 radical (unpaired) electrons. The topological polar surface area (TPSA) is 26.8 Å². The summed E-state index contributed by atoms with van der Waals surface area (Å²) in [5, 5.41) is 2.45. The van der Waals surface area contributed by atoms with E-state index in [1.54, 1.807) is 12.1 Å². The molecule has 0 aromatic heterocycles. The first kappa shape index (κ1) is 26.8. The van der Waals surface area contributed by atoms with Gasteiger partial charge in [0.2, 0.25) is 5.91 Å². The average Bonchev–Trinajstić information content (AvgIpc) is 3.23. The van der Waals surface area contributed by atoms with Gasteiger partial charge < -0.3 is 4.90 Å². The fourth-order valence-electron chi connectivity index (χ4n) is 5.80. The van der Waals surface area contributed by atoms with Crippen LogP contribution in [-0.2, 0) is 30.7 Å². The Labute approximate surface area is 238 Å². The minimum Gasteiger partial charge on any atom is -0.340 e. The Balaban J connectivity index is 1.34. The molecule has 37 heavy (non-hydrogen) atoms. The van der Waals surface area contributed by atoms with Crippen molar-refractivity contribution < 1.29 is 4.79 Å². The van der Waals surface area contributed by atoms with Crippen LogP contribution in [0.25, 0.3) is 0 Å². The van der Waals surface area contributed by atoms with Crippen molar-refractivity contribution >= 4 is 52.3 Å². The van der Waals surface area contributed by atoms with E-state index in [0.29, 0.717) is 39.5 Å².